The van der Waals surface area contributed by atoms with E-state index in [1.54, 1.807) is 4.31 Å². The first kappa shape index (κ1) is 12.3. The molecule has 0 radical (unpaired) electrons. The van der Waals surface area contributed by atoms with Crippen molar-refractivity contribution >= 4 is 10.0 Å². The highest BCUT2D eigenvalue weighted by Crippen LogP contribution is 2.41. The van der Waals surface area contributed by atoms with E-state index in [1.165, 1.54) is 12.7 Å². The summed E-state index contributed by atoms with van der Waals surface area (Å²) < 4.78 is 24.9. The van der Waals surface area contributed by atoms with E-state index in [1.807, 2.05) is 0 Å². The van der Waals surface area contributed by atoms with Crippen LogP contribution in [0.2, 0.25) is 0 Å². The van der Waals surface area contributed by atoms with Crippen LogP contribution in [0.15, 0.2) is 0 Å². The van der Waals surface area contributed by atoms with E-state index in [0.717, 1.165) is 19.4 Å². The molecule has 5 heteroatoms. The van der Waals surface area contributed by atoms with Crippen LogP contribution >= 0.6 is 0 Å². The minimum atomic E-state index is -3.02. The minimum Gasteiger partial charge on any atom is -0.293 e. The second-order valence-electron chi connectivity index (χ2n) is 5.46. The molecular formula is C11H22N2O2S. The van der Waals surface area contributed by atoms with Gasteiger partial charge in [-0.25, -0.2) is 8.42 Å². The summed E-state index contributed by atoms with van der Waals surface area (Å²) in [6.45, 7) is 6.64. The summed E-state index contributed by atoms with van der Waals surface area (Å²) in [7, 11) is -3.02. The van der Waals surface area contributed by atoms with Gasteiger partial charge in [0.15, 0.2) is 0 Å². The molecule has 1 heterocycles. The highest BCUT2D eigenvalue weighted by Gasteiger charge is 2.48. The highest BCUT2D eigenvalue weighted by atomic mass is 32.2. The number of rotatable bonds is 2. The molecule has 94 valence electrons. The van der Waals surface area contributed by atoms with E-state index in [0.29, 0.717) is 19.1 Å². The number of nitrogens with zero attached hydrogens (tertiary/aromatic N) is 2. The normalized spacial score (nSPS) is 27.2. The molecule has 2 aliphatic rings. The van der Waals surface area contributed by atoms with Gasteiger partial charge in [-0.15, -0.1) is 0 Å². The van der Waals surface area contributed by atoms with Gasteiger partial charge in [0.1, 0.15) is 0 Å². The minimum absolute atomic E-state index is 0.148. The molecule has 0 aromatic rings. The third-order valence-electron chi connectivity index (χ3n) is 4.05. The molecule has 4 nitrogen and oxygen atoms in total. The van der Waals surface area contributed by atoms with Gasteiger partial charge in [0.2, 0.25) is 10.0 Å². The quantitative estimate of drug-likeness (QED) is 0.727. The maximum absolute atomic E-state index is 11.6. The molecule has 16 heavy (non-hydrogen) atoms. The molecule has 1 saturated carbocycles. The van der Waals surface area contributed by atoms with Gasteiger partial charge < -0.3 is 0 Å². The van der Waals surface area contributed by atoms with Gasteiger partial charge >= 0.3 is 0 Å². The summed E-state index contributed by atoms with van der Waals surface area (Å²) in [5.74, 6) is 0. The smallest absolute Gasteiger partial charge is 0.211 e. The standard InChI is InChI=1S/C11H22N2O2S/c1-10(2)13-8-7-12(16(3,14)15)9-11(13)5-4-6-11/h10H,4-9H2,1-3H3. The fourth-order valence-electron chi connectivity index (χ4n) is 3.07. The molecule has 0 atom stereocenters. The average molecular weight is 246 g/mol. The van der Waals surface area contributed by atoms with Crippen LogP contribution in [0, 0.1) is 0 Å². The van der Waals surface area contributed by atoms with Gasteiger partial charge in [-0.3, -0.25) is 4.90 Å². The lowest BCUT2D eigenvalue weighted by atomic mass is 9.73. The Labute approximate surface area is 98.7 Å². The molecule has 1 saturated heterocycles. The van der Waals surface area contributed by atoms with Crippen LogP contribution in [0.3, 0.4) is 0 Å². The average Bonchev–Trinajstić information content (AvgIpc) is 2.12. The predicted octanol–water partition coefficient (Wildman–Crippen LogP) is 0.895. The first-order valence-corrected chi connectivity index (χ1v) is 7.92. The highest BCUT2D eigenvalue weighted by molar-refractivity contribution is 7.88. The molecule has 2 rings (SSSR count). The van der Waals surface area contributed by atoms with E-state index in [2.05, 4.69) is 18.7 Å². The Balaban J connectivity index is 2.17. The summed E-state index contributed by atoms with van der Waals surface area (Å²) in [5.41, 5.74) is 0.148. The maximum Gasteiger partial charge on any atom is 0.211 e. The van der Waals surface area contributed by atoms with Crippen LogP contribution in [0.1, 0.15) is 33.1 Å². The zero-order chi connectivity index (χ0) is 12.0. The van der Waals surface area contributed by atoms with Crippen LogP contribution in [0.5, 0.6) is 0 Å². The van der Waals surface area contributed by atoms with Gasteiger partial charge in [0, 0.05) is 31.2 Å². The first-order chi connectivity index (χ1) is 7.35. The van der Waals surface area contributed by atoms with Gasteiger partial charge in [0.25, 0.3) is 0 Å². The number of piperazine rings is 1. The van der Waals surface area contributed by atoms with Gasteiger partial charge in [0.05, 0.1) is 6.26 Å². The van der Waals surface area contributed by atoms with Crippen LogP contribution in [-0.2, 0) is 10.0 Å². The van der Waals surface area contributed by atoms with Gasteiger partial charge in [-0.1, -0.05) is 0 Å². The molecule has 1 aliphatic carbocycles. The van der Waals surface area contributed by atoms with Crippen LogP contribution in [-0.4, -0.2) is 55.1 Å². The molecule has 0 unspecified atom stereocenters. The topological polar surface area (TPSA) is 40.6 Å². The number of sulfonamides is 1. The lowest BCUT2D eigenvalue weighted by molar-refractivity contribution is -0.0488. The van der Waals surface area contributed by atoms with E-state index >= 15 is 0 Å². The second-order valence-corrected chi connectivity index (χ2v) is 7.44. The van der Waals surface area contributed by atoms with Crippen molar-refractivity contribution in [3.63, 3.8) is 0 Å². The molecule has 0 N–H and O–H groups in total. The fraction of sp³-hybridized carbons (Fsp3) is 1.00. The van der Waals surface area contributed by atoms with Gasteiger partial charge in [-0.2, -0.15) is 4.31 Å². The van der Waals surface area contributed by atoms with E-state index in [-0.39, 0.29) is 5.54 Å². The predicted molar refractivity (Wildman–Crippen MR) is 64.8 cm³/mol. The Morgan fingerprint density at radius 2 is 1.81 bits per heavy atom. The van der Waals surface area contributed by atoms with E-state index in [4.69, 9.17) is 0 Å². The molecular weight excluding hydrogens is 224 g/mol. The summed E-state index contributed by atoms with van der Waals surface area (Å²) in [4.78, 5) is 2.50. The second kappa shape index (κ2) is 3.96. The van der Waals surface area contributed by atoms with E-state index in [9.17, 15) is 8.42 Å². The van der Waals surface area contributed by atoms with Crippen LogP contribution < -0.4 is 0 Å². The molecule has 1 aliphatic heterocycles. The first-order valence-electron chi connectivity index (χ1n) is 6.07. The molecule has 0 aromatic heterocycles. The van der Waals surface area contributed by atoms with Crippen molar-refractivity contribution in [2.45, 2.75) is 44.7 Å². The molecule has 0 bridgehead atoms. The number of hydrogen-bond donors (Lipinski definition) is 0. The Morgan fingerprint density at radius 1 is 1.19 bits per heavy atom. The summed E-state index contributed by atoms with van der Waals surface area (Å²) in [6.07, 6.45) is 4.86. The summed E-state index contributed by atoms with van der Waals surface area (Å²) >= 11 is 0. The third kappa shape index (κ3) is 2.00. The Bertz CT molecular complexity index is 360. The molecule has 1 spiro atoms. The third-order valence-corrected chi connectivity index (χ3v) is 5.30. The zero-order valence-corrected chi connectivity index (χ0v) is 11.3. The van der Waals surface area contributed by atoms with Crippen molar-refractivity contribution in [3.05, 3.63) is 0 Å². The summed E-state index contributed by atoms with van der Waals surface area (Å²) in [6, 6.07) is 0.516. The summed E-state index contributed by atoms with van der Waals surface area (Å²) in [5, 5.41) is 0. The van der Waals surface area contributed by atoms with Crippen molar-refractivity contribution in [3.8, 4) is 0 Å². The lowest BCUT2D eigenvalue weighted by Crippen LogP contribution is -2.67. The monoisotopic (exact) mass is 246 g/mol. The van der Waals surface area contributed by atoms with Crippen molar-refractivity contribution < 1.29 is 8.42 Å². The van der Waals surface area contributed by atoms with E-state index < -0.39 is 10.0 Å². The van der Waals surface area contributed by atoms with Crippen LogP contribution in [0.4, 0.5) is 0 Å². The van der Waals surface area contributed by atoms with Crippen molar-refractivity contribution in [2.24, 2.45) is 0 Å². The Kier molecular flexibility index (Phi) is 3.05. The zero-order valence-electron chi connectivity index (χ0n) is 10.4. The largest absolute Gasteiger partial charge is 0.293 e. The van der Waals surface area contributed by atoms with Crippen LogP contribution in [0.25, 0.3) is 0 Å². The molecule has 0 amide bonds. The van der Waals surface area contributed by atoms with Crippen molar-refractivity contribution in [1.82, 2.24) is 9.21 Å². The Morgan fingerprint density at radius 3 is 2.19 bits per heavy atom. The Hall–Kier alpha value is -0.130. The lowest BCUT2D eigenvalue weighted by Gasteiger charge is -2.57. The molecule has 2 fully saturated rings. The number of hydrogen-bond acceptors (Lipinski definition) is 3. The fourth-order valence-corrected chi connectivity index (χ4v) is 3.96. The maximum atomic E-state index is 11.6. The SMILES string of the molecule is CC(C)N1CCN(S(C)(=O)=O)CC12CCC2. The van der Waals surface area contributed by atoms with Crippen molar-refractivity contribution in [1.29, 1.82) is 0 Å². The molecule has 0 aromatic carbocycles. The van der Waals surface area contributed by atoms with Crippen molar-refractivity contribution in [2.75, 3.05) is 25.9 Å². The van der Waals surface area contributed by atoms with Gasteiger partial charge in [-0.05, 0) is 33.1 Å².